The zero-order valence-electron chi connectivity index (χ0n) is 16.6. The molecule has 23 heavy (non-hydrogen) atoms. The van der Waals surface area contributed by atoms with Crippen LogP contribution < -0.4 is 0 Å². The minimum Gasteiger partial charge on any atom is -0.417 e. The summed E-state index contributed by atoms with van der Waals surface area (Å²) in [5, 5.41) is 0.255. The Morgan fingerprint density at radius 1 is 1.30 bits per heavy atom. The van der Waals surface area contributed by atoms with Crippen LogP contribution in [-0.2, 0) is 9.22 Å². The van der Waals surface area contributed by atoms with Crippen LogP contribution in [0.4, 0.5) is 0 Å². The summed E-state index contributed by atoms with van der Waals surface area (Å²) in [7, 11) is 2.55. The summed E-state index contributed by atoms with van der Waals surface area (Å²) in [6.45, 7) is 14.4. The van der Waals surface area contributed by atoms with Gasteiger partial charge in [0.05, 0.1) is 0 Å². The second-order valence-electron chi connectivity index (χ2n) is 8.70. The first-order valence-electron chi connectivity index (χ1n) is 9.01. The first-order chi connectivity index (χ1) is 10.5. The number of allylic oxidation sites excluding steroid dienone is 1. The quantitative estimate of drug-likeness (QED) is 0.470. The van der Waals surface area contributed by atoms with Crippen molar-refractivity contribution in [1.29, 1.82) is 0 Å². The van der Waals surface area contributed by atoms with E-state index in [0.717, 1.165) is 32.3 Å². The smallest absolute Gasteiger partial charge is 0.191 e. The SMILES string of the molecule is CCCC1(N(C)C)CC(=O)C=C1CCCO[Si](C)(C)C(C)(C)C. The van der Waals surface area contributed by atoms with Crippen LogP contribution in [0.15, 0.2) is 11.6 Å². The second kappa shape index (κ2) is 7.62. The van der Waals surface area contributed by atoms with E-state index in [9.17, 15) is 4.79 Å². The largest absolute Gasteiger partial charge is 0.417 e. The molecule has 0 radical (unpaired) electrons. The maximum Gasteiger partial charge on any atom is 0.191 e. The van der Waals surface area contributed by atoms with Gasteiger partial charge in [-0.3, -0.25) is 9.69 Å². The van der Waals surface area contributed by atoms with Gasteiger partial charge >= 0.3 is 0 Å². The molecule has 1 aliphatic carbocycles. The van der Waals surface area contributed by atoms with Crippen molar-refractivity contribution in [3.63, 3.8) is 0 Å². The molecular formula is C19H37NO2Si. The minimum absolute atomic E-state index is 0.0528. The Bertz CT molecular complexity index is 449. The average molecular weight is 340 g/mol. The molecular weight excluding hydrogens is 302 g/mol. The molecule has 0 aromatic rings. The molecule has 1 aliphatic rings. The molecule has 0 saturated heterocycles. The van der Waals surface area contributed by atoms with Gasteiger partial charge in [-0.1, -0.05) is 34.1 Å². The third-order valence-electron chi connectivity index (χ3n) is 5.78. The molecule has 0 aromatic carbocycles. The average Bonchev–Trinajstić information content (AvgIpc) is 2.71. The predicted molar refractivity (Wildman–Crippen MR) is 101 cm³/mol. The summed E-state index contributed by atoms with van der Waals surface area (Å²) >= 11 is 0. The van der Waals surface area contributed by atoms with Crippen molar-refractivity contribution in [2.24, 2.45) is 0 Å². The van der Waals surface area contributed by atoms with Crippen molar-refractivity contribution >= 4 is 14.1 Å². The van der Waals surface area contributed by atoms with Gasteiger partial charge in [0.15, 0.2) is 14.1 Å². The summed E-state index contributed by atoms with van der Waals surface area (Å²) in [4.78, 5) is 14.3. The number of likely N-dealkylation sites (N-methyl/N-ethyl adjacent to an activating group) is 1. The van der Waals surface area contributed by atoms with E-state index in [-0.39, 0.29) is 16.4 Å². The topological polar surface area (TPSA) is 29.5 Å². The normalized spacial score (nSPS) is 22.8. The maximum atomic E-state index is 12.0. The van der Waals surface area contributed by atoms with Crippen LogP contribution >= 0.6 is 0 Å². The van der Waals surface area contributed by atoms with Gasteiger partial charge in [-0.25, -0.2) is 0 Å². The molecule has 1 unspecified atom stereocenters. The summed E-state index contributed by atoms with van der Waals surface area (Å²) in [5.74, 6) is 0.285. The molecule has 0 fully saturated rings. The Kier molecular flexibility index (Phi) is 6.82. The summed E-state index contributed by atoms with van der Waals surface area (Å²) in [6, 6.07) is 0. The molecule has 0 aromatic heterocycles. The van der Waals surface area contributed by atoms with Crippen LogP contribution in [0, 0.1) is 0 Å². The van der Waals surface area contributed by atoms with Gasteiger partial charge in [0.2, 0.25) is 0 Å². The minimum atomic E-state index is -1.66. The van der Waals surface area contributed by atoms with E-state index in [1.807, 2.05) is 6.08 Å². The van der Waals surface area contributed by atoms with Crippen molar-refractivity contribution in [3.05, 3.63) is 11.6 Å². The van der Waals surface area contributed by atoms with Gasteiger partial charge in [-0.2, -0.15) is 0 Å². The first-order valence-corrected chi connectivity index (χ1v) is 11.9. The van der Waals surface area contributed by atoms with Crippen LogP contribution in [-0.4, -0.2) is 45.2 Å². The molecule has 0 saturated carbocycles. The van der Waals surface area contributed by atoms with E-state index in [1.54, 1.807) is 0 Å². The highest BCUT2D eigenvalue weighted by Gasteiger charge is 2.42. The fourth-order valence-corrected chi connectivity index (χ4v) is 4.31. The third-order valence-corrected chi connectivity index (χ3v) is 10.3. The predicted octanol–water partition coefficient (Wildman–Crippen LogP) is 4.79. The maximum absolute atomic E-state index is 12.0. The summed E-state index contributed by atoms with van der Waals surface area (Å²) in [5.41, 5.74) is 1.26. The van der Waals surface area contributed by atoms with Gasteiger partial charge in [0.1, 0.15) is 0 Å². The van der Waals surface area contributed by atoms with Gasteiger partial charge in [-0.15, -0.1) is 0 Å². The van der Waals surface area contributed by atoms with Gasteiger partial charge in [0.25, 0.3) is 0 Å². The fourth-order valence-electron chi connectivity index (χ4n) is 3.22. The van der Waals surface area contributed by atoms with E-state index in [4.69, 9.17) is 4.43 Å². The molecule has 4 heteroatoms. The lowest BCUT2D eigenvalue weighted by atomic mass is 9.83. The molecule has 0 bridgehead atoms. The fraction of sp³-hybridized carbons (Fsp3) is 0.842. The lowest BCUT2D eigenvalue weighted by Gasteiger charge is -2.39. The van der Waals surface area contributed by atoms with Crippen molar-refractivity contribution in [1.82, 2.24) is 4.90 Å². The number of carbonyl (C=O) groups excluding carboxylic acids is 1. The molecule has 0 heterocycles. The zero-order valence-corrected chi connectivity index (χ0v) is 17.6. The van der Waals surface area contributed by atoms with Crippen molar-refractivity contribution in [2.75, 3.05) is 20.7 Å². The van der Waals surface area contributed by atoms with Gasteiger partial charge in [0, 0.05) is 18.6 Å². The van der Waals surface area contributed by atoms with Crippen LogP contribution in [0.5, 0.6) is 0 Å². The van der Waals surface area contributed by atoms with E-state index in [1.165, 1.54) is 5.57 Å². The molecule has 0 aliphatic heterocycles. The number of carbonyl (C=O) groups is 1. The van der Waals surface area contributed by atoms with E-state index in [2.05, 4.69) is 59.8 Å². The van der Waals surface area contributed by atoms with Crippen LogP contribution in [0.3, 0.4) is 0 Å². The molecule has 1 rings (SSSR count). The Morgan fingerprint density at radius 2 is 1.91 bits per heavy atom. The number of hydrogen-bond acceptors (Lipinski definition) is 3. The van der Waals surface area contributed by atoms with E-state index < -0.39 is 8.32 Å². The van der Waals surface area contributed by atoms with Gasteiger partial charge in [-0.05, 0) is 63.1 Å². The third kappa shape index (κ3) is 4.77. The Morgan fingerprint density at radius 3 is 2.39 bits per heavy atom. The summed E-state index contributed by atoms with van der Waals surface area (Å²) < 4.78 is 6.28. The van der Waals surface area contributed by atoms with Crippen LogP contribution in [0.1, 0.15) is 59.8 Å². The molecule has 3 nitrogen and oxygen atoms in total. The Balaban J connectivity index is 2.65. The highest BCUT2D eigenvalue weighted by molar-refractivity contribution is 6.74. The van der Waals surface area contributed by atoms with Crippen molar-refractivity contribution < 1.29 is 9.22 Å². The summed E-state index contributed by atoms with van der Waals surface area (Å²) in [6.07, 6.45) is 6.68. The van der Waals surface area contributed by atoms with E-state index >= 15 is 0 Å². The molecule has 0 N–H and O–H groups in total. The Hall–Kier alpha value is -0.453. The highest BCUT2D eigenvalue weighted by atomic mass is 28.4. The molecule has 0 spiro atoms. The Labute approximate surface area is 144 Å². The monoisotopic (exact) mass is 339 g/mol. The molecule has 0 amide bonds. The van der Waals surface area contributed by atoms with Crippen molar-refractivity contribution in [2.45, 2.75) is 83.5 Å². The zero-order chi connectivity index (χ0) is 17.9. The molecule has 1 atom stereocenters. The van der Waals surface area contributed by atoms with Crippen molar-refractivity contribution in [3.8, 4) is 0 Å². The standard InChI is InChI=1S/C19H37NO2Si/c1-9-12-19(20(5)6)15-17(21)14-16(19)11-10-13-22-23(7,8)18(2,3)4/h14H,9-13,15H2,1-8H3. The number of rotatable bonds is 8. The van der Waals surface area contributed by atoms with E-state index in [0.29, 0.717) is 6.42 Å². The lowest BCUT2D eigenvalue weighted by Crippen LogP contribution is -2.44. The second-order valence-corrected chi connectivity index (χ2v) is 13.5. The number of hydrogen-bond donors (Lipinski definition) is 0. The van der Waals surface area contributed by atoms with Crippen LogP contribution in [0.2, 0.25) is 18.1 Å². The number of ketones is 1. The molecule has 134 valence electrons. The first kappa shape index (κ1) is 20.6. The highest BCUT2D eigenvalue weighted by Crippen LogP contribution is 2.40. The lowest BCUT2D eigenvalue weighted by molar-refractivity contribution is -0.115. The number of nitrogens with zero attached hydrogens (tertiary/aromatic N) is 1. The van der Waals surface area contributed by atoms with Crippen LogP contribution in [0.25, 0.3) is 0 Å². The van der Waals surface area contributed by atoms with Gasteiger partial charge < -0.3 is 4.43 Å².